The van der Waals surface area contributed by atoms with Crippen LogP contribution in [-0.2, 0) is 4.79 Å². The predicted molar refractivity (Wildman–Crippen MR) is 84.1 cm³/mol. The molecular formula is C15H13N5O2. The lowest BCUT2D eigenvalue weighted by atomic mass is 10.0. The monoisotopic (exact) mass is 295 g/mol. The van der Waals surface area contributed by atoms with Crippen LogP contribution in [0, 0.1) is 0 Å². The van der Waals surface area contributed by atoms with Gasteiger partial charge in [-0.25, -0.2) is 4.98 Å². The number of nitrogens with two attached hydrogens (primary N) is 2. The van der Waals surface area contributed by atoms with E-state index in [4.69, 9.17) is 11.5 Å². The van der Waals surface area contributed by atoms with Gasteiger partial charge in [-0.05, 0) is 23.8 Å². The number of carbonyl (C=O) groups excluding carboxylic acids is 2. The summed E-state index contributed by atoms with van der Waals surface area (Å²) in [7, 11) is 0. The fourth-order valence-corrected chi connectivity index (χ4v) is 2.38. The maximum Gasteiger partial charge on any atom is 0.253 e. The molecular weight excluding hydrogens is 282 g/mol. The largest absolute Gasteiger partial charge is 0.384 e. The van der Waals surface area contributed by atoms with Crippen LogP contribution in [0.2, 0.25) is 0 Å². The van der Waals surface area contributed by atoms with Gasteiger partial charge in [0.25, 0.3) is 5.91 Å². The number of fused-ring (bicyclic) bond motifs is 1. The SMILES string of the molecule is NC(=O)c1c(NC=O)[nH]c2cc(-c3ccc(N)nc3)ccc12. The number of nitrogens with zero attached hydrogens (tertiary/aromatic N) is 1. The molecule has 2 aromatic heterocycles. The number of aromatic amines is 1. The summed E-state index contributed by atoms with van der Waals surface area (Å²) in [6.45, 7) is 0. The number of primary amides is 1. The molecule has 110 valence electrons. The van der Waals surface area contributed by atoms with E-state index in [1.165, 1.54) is 0 Å². The lowest BCUT2D eigenvalue weighted by molar-refractivity contribution is -0.105. The van der Waals surface area contributed by atoms with Crippen LogP contribution in [0.4, 0.5) is 11.6 Å². The minimum absolute atomic E-state index is 0.254. The van der Waals surface area contributed by atoms with Gasteiger partial charge in [0.15, 0.2) is 0 Å². The summed E-state index contributed by atoms with van der Waals surface area (Å²) in [6.07, 6.45) is 2.15. The van der Waals surface area contributed by atoms with Gasteiger partial charge in [-0.15, -0.1) is 0 Å². The van der Waals surface area contributed by atoms with E-state index in [1.807, 2.05) is 18.2 Å². The molecule has 0 aliphatic rings. The molecule has 22 heavy (non-hydrogen) atoms. The van der Waals surface area contributed by atoms with Gasteiger partial charge < -0.3 is 21.8 Å². The molecule has 7 nitrogen and oxygen atoms in total. The summed E-state index contributed by atoms with van der Waals surface area (Å²) in [5.74, 6) is 0.112. The maximum atomic E-state index is 11.6. The van der Waals surface area contributed by atoms with E-state index in [1.54, 1.807) is 18.3 Å². The summed E-state index contributed by atoms with van der Waals surface area (Å²) >= 11 is 0. The van der Waals surface area contributed by atoms with Crippen molar-refractivity contribution in [3.05, 3.63) is 42.1 Å². The highest BCUT2D eigenvalue weighted by atomic mass is 16.1. The average molecular weight is 295 g/mol. The maximum absolute atomic E-state index is 11.6. The van der Waals surface area contributed by atoms with E-state index in [0.717, 1.165) is 11.1 Å². The van der Waals surface area contributed by atoms with Crippen molar-refractivity contribution in [2.24, 2.45) is 5.73 Å². The highest BCUT2D eigenvalue weighted by Crippen LogP contribution is 2.30. The number of rotatable bonds is 4. The van der Waals surface area contributed by atoms with Crippen molar-refractivity contribution >= 4 is 34.9 Å². The van der Waals surface area contributed by atoms with Crippen LogP contribution in [0.1, 0.15) is 10.4 Å². The van der Waals surface area contributed by atoms with E-state index in [2.05, 4.69) is 15.3 Å². The molecule has 0 spiro atoms. The van der Waals surface area contributed by atoms with Gasteiger partial charge >= 0.3 is 0 Å². The molecule has 2 amide bonds. The highest BCUT2D eigenvalue weighted by Gasteiger charge is 2.16. The van der Waals surface area contributed by atoms with Gasteiger partial charge in [0, 0.05) is 22.7 Å². The summed E-state index contributed by atoms with van der Waals surface area (Å²) < 4.78 is 0. The first-order chi connectivity index (χ1) is 10.6. The number of hydrogen-bond acceptors (Lipinski definition) is 4. The molecule has 0 saturated heterocycles. The third-order valence-corrected chi connectivity index (χ3v) is 3.37. The summed E-state index contributed by atoms with van der Waals surface area (Å²) in [5, 5.41) is 3.09. The standard InChI is InChI=1S/C15H13N5O2/c16-12-4-2-9(6-18-12)8-1-3-10-11(5-8)20-15(19-7-21)13(10)14(17)22/h1-7,20H,(H2,16,18)(H2,17,22)(H,19,21). The molecule has 1 aromatic carbocycles. The Balaban J connectivity index is 2.16. The van der Waals surface area contributed by atoms with Crippen molar-refractivity contribution < 1.29 is 9.59 Å². The molecule has 0 radical (unpaired) electrons. The first kappa shape index (κ1) is 13.6. The van der Waals surface area contributed by atoms with Gasteiger partial charge in [-0.3, -0.25) is 9.59 Å². The molecule has 7 heteroatoms. The zero-order valence-electron chi connectivity index (χ0n) is 11.5. The zero-order valence-corrected chi connectivity index (χ0v) is 11.5. The van der Waals surface area contributed by atoms with Crippen molar-refractivity contribution in [3.8, 4) is 11.1 Å². The zero-order chi connectivity index (χ0) is 15.7. The minimum atomic E-state index is -0.613. The van der Waals surface area contributed by atoms with E-state index in [9.17, 15) is 9.59 Å². The Hall–Kier alpha value is -3.35. The molecule has 0 atom stereocenters. The molecule has 6 N–H and O–H groups in total. The number of amides is 2. The molecule has 2 heterocycles. The number of carbonyl (C=O) groups is 2. The van der Waals surface area contributed by atoms with Crippen molar-refractivity contribution in [1.29, 1.82) is 0 Å². The number of pyridine rings is 1. The van der Waals surface area contributed by atoms with Gasteiger partial charge in [-0.1, -0.05) is 12.1 Å². The number of aromatic nitrogens is 2. The Bertz CT molecular complexity index is 868. The van der Waals surface area contributed by atoms with Crippen LogP contribution >= 0.6 is 0 Å². The number of benzene rings is 1. The molecule has 0 aliphatic carbocycles. The Morgan fingerprint density at radius 3 is 2.64 bits per heavy atom. The van der Waals surface area contributed by atoms with Crippen molar-refractivity contribution in [1.82, 2.24) is 9.97 Å². The molecule has 0 aliphatic heterocycles. The first-order valence-electron chi connectivity index (χ1n) is 6.48. The third-order valence-electron chi connectivity index (χ3n) is 3.37. The smallest absolute Gasteiger partial charge is 0.253 e. The highest BCUT2D eigenvalue weighted by molar-refractivity contribution is 6.12. The number of H-pyrrole nitrogens is 1. The molecule has 0 saturated carbocycles. The number of hydrogen-bond donors (Lipinski definition) is 4. The number of anilines is 2. The lowest BCUT2D eigenvalue weighted by Crippen LogP contribution is -2.13. The summed E-state index contributed by atoms with van der Waals surface area (Å²) in [4.78, 5) is 29.3. The van der Waals surface area contributed by atoms with Crippen LogP contribution < -0.4 is 16.8 Å². The minimum Gasteiger partial charge on any atom is -0.384 e. The molecule has 3 aromatic rings. The lowest BCUT2D eigenvalue weighted by Gasteiger charge is -2.02. The number of nitrogen functional groups attached to an aromatic ring is 1. The second-order valence-corrected chi connectivity index (χ2v) is 4.73. The summed E-state index contributed by atoms with van der Waals surface area (Å²) in [6, 6.07) is 9.04. The Kier molecular flexibility index (Phi) is 3.23. The normalized spacial score (nSPS) is 10.5. The van der Waals surface area contributed by atoms with Crippen LogP contribution in [-0.4, -0.2) is 22.3 Å². The van der Waals surface area contributed by atoms with Gasteiger partial charge in [-0.2, -0.15) is 0 Å². The van der Waals surface area contributed by atoms with Crippen LogP contribution in [0.5, 0.6) is 0 Å². The second kappa shape index (κ2) is 5.21. The van der Waals surface area contributed by atoms with E-state index < -0.39 is 5.91 Å². The predicted octanol–water partition coefficient (Wildman–Crippen LogP) is 1.48. The van der Waals surface area contributed by atoms with Crippen molar-refractivity contribution in [2.75, 3.05) is 11.1 Å². The van der Waals surface area contributed by atoms with Gasteiger partial charge in [0.1, 0.15) is 11.6 Å². The Labute approximate surface area is 125 Å². The van der Waals surface area contributed by atoms with Crippen LogP contribution in [0.25, 0.3) is 22.0 Å². The van der Waals surface area contributed by atoms with Crippen molar-refractivity contribution in [2.45, 2.75) is 0 Å². The fraction of sp³-hybridized carbons (Fsp3) is 0. The van der Waals surface area contributed by atoms with E-state index in [-0.39, 0.29) is 11.4 Å². The van der Waals surface area contributed by atoms with E-state index >= 15 is 0 Å². The Morgan fingerprint density at radius 2 is 2.00 bits per heavy atom. The molecule has 3 rings (SSSR count). The molecule has 0 unspecified atom stereocenters. The quantitative estimate of drug-likeness (QED) is 0.543. The number of nitrogens with one attached hydrogen (secondary N) is 2. The van der Waals surface area contributed by atoms with E-state index in [0.29, 0.717) is 23.1 Å². The summed E-state index contributed by atoms with van der Waals surface area (Å²) in [5.41, 5.74) is 13.7. The van der Waals surface area contributed by atoms with Gasteiger partial charge in [0.05, 0.1) is 5.56 Å². The van der Waals surface area contributed by atoms with Gasteiger partial charge in [0.2, 0.25) is 6.41 Å². The average Bonchev–Trinajstić information content (AvgIpc) is 2.85. The fourth-order valence-electron chi connectivity index (χ4n) is 2.38. The molecule has 0 fully saturated rings. The first-order valence-corrected chi connectivity index (χ1v) is 6.48. The second-order valence-electron chi connectivity index (χ2n) is 4.73. The van der Waals surface area contributed by atoms with Crippen LogP contribution in [0.3, 0.4) is 0 Å². The third kappa shape index (κ3) is 2.24. The Morgan fingerprint density at radius 1 is 1.23 bits per heavy atom. The topological polar surface area (TPSA) is 127 Å². The molecule has 0 bridgehead atoms. The van der Waals surface area contributed by atoms with Crippen LogP contribution in [0.15, 0.2) is 36.5 Å². The van der Waals surface area contributed by atoms with Crippen molar-refractivity contribution in [3.63, 3.8) is 0 Å².